The number of nitrogens with two attached hydrogens (primary N) is 1. The maximum absolute atomic E-state index is 11.7. The Bertz CT molecular complexity index is 436. The van der Waals surface area contributed by atoms with Crippen LogP contribution in [0, 0.1) is 5.41 Å². The molecule has 0 radical (unpaired) electrons. The lowest BCUT2D eigenvalue weighted by Gasteiger charge is -2.13. The first kappa shape index (κ1) is 13.2. The van der Waals surface area contributed by atoms with Crippen molar-refractivity contribution in [3.8, 4) is 0 Å². The van der Waals surface area contributed by atoms with Gasteiger partial charge in [0.2, 0.25) is 0 Å². The highest BCUT2D eigenvalue weighted by molar-refractivity contribution is 5.94. The van der Waals surface area contributed by atoms with Crippen LogP contribution in [0.1, 0.15) is 26.3 Å². The second kappa shape index (κ2) is 5.48. The van der Waals surface area contributed by atoms with Crippen LogP contribution in [-0.2, 0) is 4.79 Å². The van der Waals surface area contributed by atoms with Crippen LogP contribution >= 0.6 is 0 Å². The van der Waals surface area contributed by atoms with Crippen LogP contribution in [0.3, 0.4) is 0 Å². The molecule has 0 aromatic heterocycles. The van der Waals surface area contributed by atoms with Gasteiger partial charge < -0.3 is 5.73 Å². The number of carbonyl (C=O) groups excluding carboxylic acids is 1. The van der Waals surface area contributed by atoms with E-state index < -0.39 is 0 Å². The molecule has 2 nitrogen and oxygen atoms in total. The van der Waals surface area contributed by atoms with Crippen molar-refractivity contribution in [3.63, 3.8) is 0 Å². The highest BCUT2D eigenvalue weighted by Crippen LogP contribution is 2.15. The van der Waals surface area contributed by atoms with Crippen molar-refractivity contribution in [1.82, 2.24) is 0 Å². The second-order valence-electron chi connectivity index (χ2n) is 5.00. The van der Waals surface area contributed by atoms with Gasteiger partial charge in [-0.1, -0.05) is 57.2 Å². The van der Waals surface area contributed by atoms with Crippen molar-refractivity contribution < 1.29 is 4.79 Å². The van der Waals surface area contributed by atoms with E-state index >= 15 is 0 Å². The molecule has 2 heteroatoms. The Morgan fingerprint density at radius 3 is 2.29 bits per heavy atom. The van der Waals surface area contributed by atoms with Gasteiger partial charge in [0.15, 0.2) is 5.78 Å². The molecule has 0 aliphatic carbocycles. The van der Waals surface area contributed by atoms with Crippen molar-refractivity contribution in [2.24, 2.45) is 11.1 Å². The average Bonchev–Trinajstić information content (AvgIpc) is 2.26. The van der Waals surface area contributed by atoms with E-state index in [0.29, 0.717) is 5.70 Å². The molecular formula is C15H19NO. The van der Waals surface area contributed by atoms with E-state index in [9.17, 15) is 4.79 Å². The predicted molar refractivity (Wildman–Crippen MR) is 72.2 cm³/mol. The van der Waals surface area contributed by atoms with E-state index in [1.165, 1.54) is 6.08 Å². The normalized spacial score (nSPS) is 13.0. The summed E-state index contributed by atoms with van der Waals surface area (Å²) >= 11 is 0. The fraction of sp³-hybridized carbons (Fsp3) is 0.267. The molecule has 2 N–H and O–H groups in total. The zero-order chi connectivity index (χ0) is 12.9. The van der Waals surface area contributed by atoms with E-state index in [0.717, 1.165) is 5.56 Å². The Balaban J connectivity index is 2.73. The van der Waals surface area contributed by atoms with E-state index in [1.807, 2.05) is 57.2 Å². The lowest BCUT2D eigenvalue weighted by Crippen LogP contribution is -2.18. The molecule has 90 valence electrons. The third kappa shape index (κ3) is 4.68. The van der Waals surface area contributed by atoms with Gasteiger partial charge in [-0.3, -0.25) is 4.79 Å². The fourth-order valence-electron chi connectivity index (χ4n) is 1.17. The van der Waals surface area contributed by atoms with Crippen molar-refractivity contribution >= 4 is 11.9 Å². The lowest BCUT2D eigenvalue weighted by molar-refractivity contribution is -0.121. The third-order valence-electron chi connectivity index (χ3n) is 2.30. The molecule has 0 heterocycles. The first-order valence-electron chi connectivity index (χ1n) is 5.64. The van der Waals surface area contributed by atoms with Crippen LogP contribution in [0.25, 0.3) is 6.08 Å². The molecule has 1 aromatic rings. The fourth-order valence-corrected chi connectivity index (χ4v) is 1.17. The smallest absolute Gasteiger partial charge is 0.163 e. The second-order valence-corrected chi connectivity index (χ2v) is 5.00. The van der Waals surface area contributed by atoms with Gasteiger partial charge in [0.1, 0.15) is 0 Å². The first-order valence-corrected chi connectivity index (χ1v) is 5.64. The molecule has 0 unspecified atom stereocenters. The Labute approximate surface area is 103 Å². The summed E-state index contributed by atoms with van der Waals surface area (Å²) in [5.41, 5.74) is 6.93. The molecule has 17 heavy (non-hydrogen) atoms. The number of carbonyl (C=O) groups is 1. The molecular weight excluding hydrogens is 210 g/mol. The largest absolute Gasteiger partial charge is 0.399 e. The predicted octanol–water partition coefficient (Wildman–Crippen LogP) is 3.16. The van der Waals surface area contributed by atoms with Gasteiger partial charge in [-0.25, -0.2) is 0 Å². The molecule has 0 aliphatic rings. The van der Waals surface area contributed by atoms with Gasteiger partial charge >= 0.3 is 0 Å². The van der Waals surface area contributed by atoms with Crippen molar-refractivity contribution in [2.45, 2.75) is 20.8 Å². The summed E-state index contributed by atoms with van der Waals surface area (Å²) in [6.07, 6.45) is 5.13. The van der Waals surface area contributed by atoms with Gasteiger partial charge in [-0.05, 0) is 11.6 Å². The summed E-state index contributed by atoms with van der Waals surface area (Å²) in [5, 5.41) is 0. The Kier molecular flexibility index (Phi) is 4.27. The quantitative estimate of drug-likeness (QED) is 0.639. The minimum atomic E-state index is -0.384. The highest BCUT2D eigenvalue weighted by atomic mass is 16.1. The standard InChI is InChI=1S/C15H19NO/c1-15(2,3)14(17)11-13(16)10-9-12-7-5-4-6-8-12/h4-11H,16H2,1-3H3/b10-9+,13-11+. The van der Waals surface area contributed by atoms with Crippen molar-refractivity contribution in [1.29, 1.82) is 0 Å². The van der Waals surface area contributed by atoms with Crippen molar-refractivity contribution in [2.75, 3.05) is 0 Å². The molecule has 1 aromatic carbocycles. The van der Waals surface area contributed by atoms with Crippen LogP contribution in [0.4, 0.5) is 0 Å². The maximum Gasteiger partial charge on any atom is 0.163 e. The minimum Gasteiger partial charge on any atom is -0.399 e. The van der Waals surface area contributed by atoms with E-state index in [4.69, 9.17) is 5.73 Å². The third-order valence-corrected chi connectivity index (χ3v) is 2.30. The Hall–Kier alpha value is -1.83. The molecule has 1 rings (SSSR count). The highest BCUT2D eigenvalue weighted by Gasteiger charge is 2.18. The molecule has 0 aliphatic heterocycles. The molecule has 0 atom stereocenters. The molecule has 0 saturated heterocycles. The van der Waals surface area contributed by atoms with Gasteiger partial charge in [-0.15, -0.1) is 0 Å². The summed E-state index contributed by atoms with van der Waals surface area (Å²) < 4.78 is 0. The number of hydrogen-bond acceptors (Lipinski definition) is 2. The van der Waals surface area contributed by atoms with Crippen LogP contribution < -0.4 is 5.73 Å². The van der Waals surface area contributed by atoms with Crippen LogP contribution in [0.15, 0.2) is 48.2 Å². The number of ketones is 1. The van der Waals surface area contributed by atoms with Crippen LogP contribution in [-0.4, -0.2) is 5.78 Å². The molecule has 0 bridgehead atoms. The molecule has 0 spiro atoms. The monoisotopic (exact) mass is 229 g/mol. The van der Waals surface area contributed by atoms with E-state index in [1.54, 1.807) is 6.08 Å². The summed E-state index contributed by atoms with van der Waals surface area (Å²) in [6.45, 7) is 5.63. The SMILES string of the molecule is CC(C)(C)C(=O)/C=C(N)\C=C\c1ccccc1. The Morgan fingerprint density at radius 2 is 1.76 bits per heavy atom. The number of rotatable bonds is 3. The van der Waals surface area contributed by atoms with Crippen LogP contribution in [0.5, 0.6) is 0 Å². The average molecular weight is 229 g/mol. The molecule has 0 saturated carbocycles. The zero-order valence-electron chi connectivity index (χ0n) is 10.6. The molecule has 0 amide bonds. The Morgan fingerprint density at radius 1 is 1.18 bits per heavy atom. The number of hydrogen-bond donors (Lipinski definition) is 1. The number of benzene rings is 1. The van der Waals surface area contributed by atoms with Gasteiger partial charge in [-0.2, -0.15) is 0 Å². The molecule has 0 fully saturated rings. The summed E-state index contributed by atoms with van der Waals surface area (Å²) in [7, 11) is 0. The van der Waals surface area contributed by atoms with Crippen LogP contribution in [0.2, 0.25) is 0 Å². The minimum absolute atomic E-state index is 0.0349. The first-order chi connectivity index (χ1) is 7.89. The van der Waals surface area contributed by atoms with Crippen molar-refractivity contribution in [3.05, 3.63) is 53.7 Å². The van der Waals surface area contributed by atoms with Gasteiger partial charge in [0.05, 0.1) is 0 Å². The lowest BCUT2D eigenvalue weighted by atomic mass is 9.90. The topological polar surface area (TPSA) is 43.1 Å². The summed E-state index contributed by atoms with van der Waals surface area (Å²) in [5.74, 6) is 0.0349. The van der Waals surface area contributed by atoms with E-state index in [2.05, 4.69) is 0 Å². The summed E-state index contributed by atoms with van der Waals surface area (Å²) in [6, 6.07) is 9.84. The zero-order valence-corrected chi connectivity index (χ0v) is 10.6. The van der Waals surface area contributed by atoms with Gasteiger partial charge in [0.25, 0.3) is 0 Å². The maximum atomic E-state index is 11.7. The summed E-state index contributed by atoms with van der Waals surface area (Å²) in [4.78, 5) is 11.7. The number of allylic oxidation sites excluding steroid dienone is 2. The van der Waals surface area contributed by atoms with Gasteiger partial charge in [0, 0.05) is 17.2 Å². The van der Waals surface area contributed by atoms with E-state index in [-0.39, 0.29) is 11.2 Å².